The molecule has 1 aliphatic heterocycles. The average Bonchev–Trinajstić information content (AvgIpc) is 2.87. The molecule has 25 heavy (non-hydrogen) atoms. The lowest BCUT2D eigenvalue weighted by atomic mass is 10.1. The van der Waals surface area contributed by atoms with Crippen molar-refractivity contribution in [2.75, 3.05) is 31.0 Å². The van der Waals surface area contributed by atoms with Gasteiger partial charge in [-0.1, -0.05) is 12.1 Å². The van der Waals surface area contributed by atoms with Gasteiger partial charge in [0.1, 0.15) is 12.4 Å². The van der Waals surface area contributed by atoms with E-state index < -0.39 is 17.7 Å². The summed E-state index contributed by atoms with van der Waals surface area (Å²) < 4.78 is 9.98. The summed E-state index contributed by atoms with van der Waals surface area (Å²) in [6.45, 7) is -0.145. The molecule has 1 N–H and O–H groups in total. The number of hydrogen-bond donors (Lipinski definition) is 1. The van der Waals surface area contributed by atoms with Crippen LogP contribution in [0.15, 0.2) is 42.5 Å². The van der Waals surface area contributed by atoms with E-state index in [1.807, 2.05) is 0 Å². The molecule has 0 radical (unpaired) electrons. The molecule has 0 atom stereocenters. The lowest BCUT2D eigenvalue weighted by Gasteiger charge is -2.19. The SMILES string of the molecule is COCC(=O)Nc1ccc(OC)cc1N1C(=O)c2ccccc2C1=O. The van der Waals surface area contributed by atoms with Crippen LogP contribution in [0.2, 0.25) is 0 Å². The summed E-state index contributed by atoms with van der Waals surface area (Å²) in [5, 5.41) is 2.64. The van der Waals surface area contributed by atoms with Crippen LogP contribution in [0.5, 0.6) is 5.75 Å². The Kier molecular flexibility index (Phi) is 4.49. The minimum Gasteiger partial charge on any atom is -0.497 e. The van der Waals surface area contributed by atoms with Gasteiger partial charge in [-0.05, 0) is 24.3 Å². The van der Waals surface area contributed by atoms with Crippen LogP contribution in [0.25, 0.3) is 0 Å². The molecule has 0 fully saturated rings. The van der Waals surface area contributed by atoms with Crippen molar-refractivity contribution in [1.29, 1.82) is 0 Å². The van der Waals surface area contributed by atoms with Gasteiger partial charge in [0.15, 0.2) is 0 Å². The van der Waals surface area contributed by atoms with Gasteiger partial charge in [0.2, 0.25) is 5.91 Å². The van der Waals surface area contributed by atoms with E-state index in [4.69, 9.17) is 9.47 Å². The number of ether oxygens (including phenoxy) is 2. The largest absolute Gasteiger partial charge is 0.497 e. The van der Waals surface area contributed by atoms with Crippen molar-refractivity contribution in [2.24, 2.45) is 0 Å². The predicted molar refractivity (Wildman–Crippen MR) is 91.1 cm³/mol. The molecule has 0 saturated heterocycles. The molecule has 7 heteroatoms. The summed E-state index contributed by atoms with van der Waals surface area (Å²) in [5.74, 6) is -0.839. The Morgan fingerprint density at radius 1 is 1.04 bits per heavy atom. The number of carbonyl (C=O) groups is 3. The summed E-state index contributed by atoms with van der Waals surface area (Å²) in [4.78, 5) is 38.3. The molecule has 7 nitrogen and oxygen atoms in total. The van der Waals surface area contributed by atoms with Crippen LogP contribution in [0.3, 0.4) is 0 Å². The zero-order chi connectivity index (χ0) is 18.0. The summed E-state index contributed by atoms with van der Waals surface area (Å²) in [6.07, 6.45) is 0. The summed E-state index contributed by atoms with van der Waals surface area (Å²) in [7, 11) is 2.88. The van der Waals surface area contributed by atoms with Crippen molar-refractivity contribution >= 4 is 29.1 Å². The Morgan fingerprint density at radius 2 is 1.68 bits per heavy atom. The van der Waals surface area contributed by atoms with Crippen LogP contribution in [-0.4, -0.2) is 38.5 Å². The second kappa shape index (κ2) is 6.74. The minimum atomic E-state index is -0.448. The highest BCUT2D eigenvalue weighted by atomic mass is 16.5. The number of benzene rings is 2. The highest BCUT2D eigenvalue weighted by molar-refractivity contribution is 6.35. The third kappa shape index (κ3) is 2.97. The maximum Gasteiger partial charge on any atom is 0.266 e. The van der Waals surface area contributed by atoms with E-state index in [1.165, 1.54) is 20.3 Å². The highest BCUT2D eigenvalue weighted by Crippen LogP contribution is 2.36. The Hall–Kier alpha value is -3.19. The Balaban J connectivity index is 2.05. The molecule has 0 saturated carbocycles. The first-order valence-electron chi connectivity index (χ1n) is 7.51. The Labute approximate surface area is 144 Å². The molecule has 1 heterocycles. The average molecular weight is 340 g/mol. The van der Waals surface area contributed by atoms with E-state index in [0.717, 1.165) is 4.90 Å². The van der Waals surface area contributed by atoms with Gasteiger partial charge in [-0.15, -0.1) is 0 Å². The van der Waals surface area contributed by atoms with E-state index in [2.05, 4.69) is 5.32 Å². The fourth-order valence-corrected chi connectivity index (χ4v) is 2.65. The number of amides is 3. The normalized spacial score (nSPS) is 13.0. The number of rotatable bonds is 5. The van der Waals surface area contributed by atoms with Crippen molar-refractivity contribution in [2.45, 2.75) is 0 Å². The number of anilines is 2. The number of fused-ring (bicyclic) bond motifs is 1. The molecule has 128 valence electrons. The van der Waals surface area contributed by atoms with Gasteiger partial charge in [-0.3, -0.25) is 14.4 Å². The third-order valence-electron chi connectivity index (χ3n) is 3.79. The van der Waals surface area contributed by atoms with Crippen LogP contribution in [0.4, 0.5) is 11.4 Å². The quantitative estimate of drug-likeness (QED) is 0.843. The molecular weight excluding hydrogens is 324 g/mol. The van der Waals surface area contributed by atoms with Crippen LogP contribution >= 0.6 is 0 Å². The van der Waals surface area contributed by atoms with E-state index in [-0.39, 0.29) is 12.3 Å². The zero-order valence-electron chi connectivity index (χ0n) is 13.7. The highest BCUT2D eigenvalue weighted by Gasteiger charge is 2.37. The number of carbonyl (C=O) groups excluding carboxylic acids is 3. The first kappa shape index (κ1) is 16.7. The smallest absolute Gasteiger partial charge is 0.266 e. The number of methoxy groups -OCH3 is 2. The van der Waals surface area contributed by atoms with Gasteiger partial charge >= 0.3 is 0 Å². The summed E-state index contributed by atoms with van der Waals surface area (Å²) >= 11 is 0. The Morgan fingerprint density at radius 3 is 2.24 bits per heavy atom. The number of imide groups is 1. The van der Waals surface area contributed by atoms with Gasteiger partial charge < -0.3 is 14.8 Å². The van der Waals surface area contributed by atoms with Crippen molar-refractivity contribution in [3.05, 3.63) is 53.6 Å². The molecule has 0 unspecified atom stereocenters. The Bertz CT molecular complexity index is 827. The maximum atomic E-state index is 12.7. The van der Waals surface area contributed by atoms with Crippen molar-refractivity contribution in [3.8, 4) is 5.75 Å². The summed E-state index contributed by atoms with van der Waals surface area (Å²) in [5.41, 5.74) is 1.21. The second-order valence-electron chi connectivity index (χ2n) is 5.36. The molecule has 0 aliphatic carbocycles. The monoisotopic (exact) mass is 340 g/mol. The molecule has 2 aromatic carbocycles. The lowest BCUT2D eigenvalue weighted by molar-refractivity contribution is -0.119. The van der Waals surface area contributed by atoms with Gasteiger partial charge in [0.05, 0.1) is 29.6 Å². The second-order valence-corrected chi connectivity index (χ2v) is 5.36. The van der Waals surface area contributed by atoms with E-state index in [9.17, 15) is 14.4 Å². The maximum absolute atomic E-state index is 12.7. The molecule has 0 aromatic heterocycles. The molecule has 1 aliphatic rings. The molecule has 2 aromatic rings. The number of hydrogen-bond acceptors (Lipinski definition) is 5. The lowest BCUT2D eigenvalue weighted by Crippen LogP contribution is -2.31. The predicted octanol–water partition coefficient (Wildman–Crippen LogP) is 2.08. The van der Waals surface area contributed by atoms with Gasteiger partial charge in [0.25, 0.3) is 11.8 Å². The van der Waals surface area contributed by atoms with Crippen molar-refractivity contribution < 1.29 is 23.9 Å². The van der Waals surface area contributed by atoms with Crippen LogP contribution < -0.4 is 15.0 Å². The molecule has 0 spiro atoms. The minimum absolute atomic E-state index is 0.145. The first-order valence-corrected chi connectivity index (χ1v) is 7.51. The number of nitrogens with zero attached hydrogens (tertiary/aromatic N) is 1. The van der Waals surface area contributed by atoms with Crippen molar-refractivity contribution in [3.63, 3.8) is 0 Å². The standard InChI is InChI=1S/C18H16N2O5/c1-24-10-16(21)19-14-8-7-11(25-2)9-15(14)20-17(22)12-5-3-4-6-13(12)18(20)23/h3-9H,10H2,1-2H3,(H,19,21). The zero-order valence-corrected chi connectivity index (χ0v) is 13.7. The van der Waals surface area contributed by atoms with Crippen LogP contribution in [0, 0.1) is 0 Å². The fraction of sp³-hybridized carbons (Fsp3) is 0.167. The van der Waals surface area contributed by atoms with E-state index in [0.29, 0.717) is 22.6 Å². The van der Waals surface area contributed by atoms with E-state index >= 15 is 0 Å². The van der Waals surface area contributed by atoms with Crippen molar-refractivity contribution in [1.82, 2.24) is 0 Å². The number of nitrogens with one attached hydrogen (secondary N) is 1. The first-order chi connectivity index (χ1) is 12.1. The summed E-state index contributed by atoms with van der Waals surface area (Å²) in [6, 6.07) is 11.3. The molecule has 0 bridgehead atoms. The topological polar surface area (TPSA) is 84.9 Å². The van der Waals surface area contributed by atoms with E-state index in [1.54, 1.807) is 36.4 Å². The van der Waals surface area contributed by atoms with Gasteiger partial charge in [-0.2, -0.15) is 0 Å². The molecule has 3 amide bonds. The molecular formula is C18H16N2O5. The van der Waals surface area contributed by atoms with Crippen LogP contribution in [0.1, 0.15) is 20.7 Å². The molecule has 3 rings (SSSR count). The fourth-order valence-electron chi connectivity index (χ4n) is 2.65. The van der Waals surface area contributed by atoms with Gasteiger partial charge in [-0.25, -0.2) is 4.90 Å². The van der Waals surface area contributed by atoms with Crippen LogP contribution in [-0.2, 0) is 9.53 Å². The van der Waals surface area contributed by atoms with Gasteiger partial charge in [0, 0.05) is 13.2 Å². The third-order valence-corrected chi connectivity index (χ3v) is 3.79.